The van der Waals surface area contributed by atoms with E-state index in [1.54, 1.807) is 31.2 Å². The van der Waals surface area contributed by atoms with E-state index in [4.69, 9.17) is 9.15 Å². The molecule has 0 radical (unpaired) electrons. The van der Waals surface area contributed by atoms with Crippen molar-refractivity contribution in [3.8, 4) is 17.2 Å². The molecule has 0 fully saturated rings. The van der Waals surface area contributed by atoms with E-state index >= 15 is 0 Å². The summed E-state index contributed by atoms with van der Waals surface area (Å²) in [6, 6.07) is 16.1. The lowest BCUT2D eigenvalue weighted by Gasteiger charge is -2.05. The van der Waals surface area contributed by atoms with Crippen LogP contribution in [0.25, 0.3) is 11.5 Å². The molecule has 2 aromatic carbocycles. The van der Waals surface area contributed by atoms with Crippen LogP contribution >= 0.6 is 0 Å². The van der Waals surface area contributed by atoms with Gasteiger partial charge in [0.25, 0.3) is 0 Å². The highest BCUT2D eigenvalue weighted by Gasteiger charge is 2.16. The first kappa shape index (κ1) is 17.4. The van der Waals surface area contributed by atoms with Crippen molar-refractivity contribution in [1.82, 2.24) is 4.98 Å². The van der Waals surface area contributed by atoms with Crippen LogP contribution in [-0.4, -0.2) is 16.9 Å². The molecule has 1 amide bonds. The fourth-order valence-corrected chi connectivity index (χ4v) is 2.41. The molecule has 6 nitrogen and oxygen atoms in total. The minimum atomic E-state index is -0.437. The van der Waals surface area contributed by atoms with Gasteiger partial charge >= 0.3 is 5.97 Å². The zero-order chi connectivity index (χ0) is 18.5. The van der Waals surface area contributed by atoms with E-state index in [-0.39, 0.29) is 12.3 Å². The fraction of sp³-hybridized carbons (Fsp3) is 0.150. The van der Waals surface area contributed by atoms with Crippen LogP contribution in [0.15, 0.2) is 59.0 Å². The van der Waals surface area contributed by atoms with Crippen molar-refractivity contribution in [2.45, 2.75) is 20.3 Å². The second-order valence-electron chi connectivity index (χ2n) is 5.74. The predicted molar refractivity (Wildman–Crippen MR) is 96.8 cm³/mol. The number of oxazole rings is 1. The van der Waals surface area contributed by atoms with Gasteiger partial charge < -0.3 is 14.5 Å². The maximum Gasteiger partial charge on any atom is 0.317 e. The summed E-state index contributed by atoms with van der Waals surface area (Å²) in [5.41, 5.74) is 2.03. The fourth-order valence-electron chi connectivity index (χ4n) is 2.41. The Morgan fingerprint density at radius 2 is 1.77 bits per heavy atom. The van der Waals surface area contributed by atoms with E-state index in [1.165, 1.54) is 6.92 Å². The Kier molecular flexibility index (Phi) is 5.12. The molecule has 3 aromatic rings. The number of aryl methyl sites for hydroxylation is 1. The van der Waals surface area contributed by atoms with E-state index < -0.39 is 5.97 Å². The van der Waals surface area contributed by atoms with Gasteiger partial charge in [0, 0.05) is 18.2 Å². The van der Waals surface area contributed by atoms with Crippen LogP contribution in [0.1, 0.15) is 18.4 Å². The summed E-state index contributed by atoms with van der Waals surface area (Å²) >= 11 is 0. The second kappa shape index (κ2) is 7.65. The lowest BCUT2D eigenvalue weighted by molar-refractivity contribution is -0.133. The van der Waals surface area contributed by atoms with Gasteiger partial charge in [-0.2, -0.15) is 0 Å². The van der Waals surface area contributed by atoms with Crippen molar-refractivity contribution < 1.29 is 18.7 Å². The molecule has 26 heavy (non-hydrogen) atoms. The summed E-state index contributed by atoms with van der Waals surface area (Å²) in [7, 11) is 0. The van der Waals surface area contributed by atoms with Crippen molar-refractivity contribution >= 4 is 17.6 Å². The first-order valence-electron chi connectivity index (χ1n) is 8.11. The molecular weight excluding hydrogens is 332 g/mol. The molecule has 0 aliphatic heterocycles. The third-order valence-electron chi connectivity index (χ3n) is 3.63. The Hall–Kier alpha value is -3.41. The van der Waals surface area contributed by atoms with E-state index in [0.717, 1.165) is 5.56 Å². The first-order chi connectivity index (χ1) is 12.5. The zero-order valence-electron chi connectivity index (χ0n) is 14.5. The van der Waals surface area contributed by atoms with Gasteiger partial charge in [0.2, 0.25) is 11.8 Å². The molecule has 0 bridgehead atoms. The number of nitrogens with one attached hydrogen (secondary N) is 1. The van der Waals surface area contributed by atoms with E-state index in [2.05, 4.69) is 10.3 Å². The van der Waals surface area contributed by atoms with Gasteiger partial charge in [-0.25, -0.2) is 4.98 Å². The molecule has 1 aromatic heterocycles. The Morgan fingerprint density at radius 3 is 2.42 bits per heavy atom. The van der Waals surface area contributed by atoms with Gasteiger partial charge in [-0.05, 0) is 43.3 Å². The smallest absolute Gasteiger partial charge is 0.317 e. The zero-order valence-corrected chi connectivity index (χ0v) is 14.5. The number of anilines is 1. The highest BCUT2D eigenvalue weighted by atomic mass is 16.5. The van der Waals surface area contributed by atoms with Crippen LogP contribution in [-0.2, 0) is 16.0 Å². The number of amides is 1. The van der Waals surface area contributed by atoms with E-state index in [1.807, 2.05) is 30.3 Å². The van der Waals surface area contributed by atoms with Crippen LogP contribution in [0.4, 0.5) is 5.69 Å². The SMILES string of the molecule is CC(=O)Nc1ccc(OC(=O)Cc2nc(-c3ccccc3)oc2C)cc1. The number of nitrogens with zero attached hydrogens (tertiary/aromatic N) is 1. The van der Waals surface area contributed by atoms with Crippen LogP contribution < -0.4 is 10.1 Å². The number of hydrogen-bond acceptors (Lipinski definition) is 5. The minimum absolute atomic E-state index is 0.00954. The second-order valence-corrected chi connectivity index (χ2v) is 5.74. The average molecular weight is 350 g/mol. The number of rotatable bonds is 5. The van der Waals surface area contributed by atoms with Gasteiger partial charge in [0.05, 0.1) is 12.1 Å². The van der Waals surface area contributed by atoms with Crippen molar-refractivity contribution in [3.05, 3.63) is 66.1 Å². The quantitative estimate of drug-likeness (QED) is 0.560. The van der Waals surface area contributed by atoms with Gasteiger partial charge in [0.15, 0.2) is 0 Å². The number of carbonyl (C=O) groups excluding carboxylic acids is 2. The topological polar surface area (TPSA) is 81.4 Å². The molecule has 0 saturated carbocycles. The number of benzene rings is 2. The summed E-state index contributed by atoms with van der Waals surface area (Å²) in [5, 5.41) is 2.65. The van der Waals surface area contributed by atoms with E-state index in [0.29, 0.717) is 28.8 Å². The number of aromatic nitrogens is 1. The van der Waals surface area contributed by atoms with Crippen molar-refractivity contribution in [2.24, 2.45) is 0 Å². The highest BCUT2D eigenvalue weighted by molar-refractivity contribution is 5.88. The van der Waals surface area contributed by atoms with Crippen LogP contribution in [0.2, 0.25) is 0 Å². The summed E-state index contributed by atoms with van der Waals surface area (Å²) < 4.78 is 11.0. The number of esters is 1. The third-order valence-corrected chi connectivity index (χ3v) is 3.63. The molecule has 6 heteroatoms. The lowest BCUT2D eigenvalue weighted by atomic mass is 10.2. The first-order valence-corrected chi connectivity index (χ1v) is 8.11. The minimum Gasteiger partial charge on any atom is -0.441 e. The molecule has 0 unspecified atom stereocenters. The van der Waals surface area contributed by atoms with E-state index in [9.17, 15) is 9.59 Å². The molecular formula is C20H18N2O4. The maximum atomic E-state index is 12.2. The van der Waals surface area contributed by atoms with Gasteiger partial charge in [-0.15, -0.1) is 0 Å². The highest BCUT2D eigenvalue weighted by Crippen LogP contribution is 2.22. The molecule has 0 atom stereocenters. The number of ether oxygens (including phenoxy) is 1. The summed E-state index contributed by atoms with van der Waals surface area (Å²) in [4.78, 5) is 27.6. The normalized spacial score (nSPS) is 10.4. The summed E-state index contributed by atoms with van der Waals surface area (Å²) in [6.45, 7) is 3.20. The van der Waals surface area contributed by atoms with Gasteiger partial charge in [0.1, 0.15) is 11.5 Å². The van der Waals surface area contributed by atoms with Crippen molar-refractivity contribution in [2.75, 3.05) is 5.32 Å². The average Bonchev–Trinajstić information content (AvgIpc) is 2.97. The van der Waals surface area contributed by atoms with Gasteiger partial charge in [-0.3, -0.25) is 9.59 Å². The molecule has 1 heterocycles. The molecule has 0 aliphatic carbocycles. The van der Waals surface area contributed by atoms with Crippen molar-refractivity contribution in [1.29, 1.82) is 0 Å². The largest absolute Gasteiger partial charge is 0.441 e. The standard InChI is InChI=1S/C20H18N2O4/c1-13-18(22-20(25-13)15-6-4-3-5-7-15)12-19(24)26-17-10-8-16(9-11-17)21-14(2)23/h3-11H,12H2,1-2H3,(H,21,23). The molecule has 0 spiro atoms. The molecule has 0 aliphatic rings. The molecule has 132 valence electrons. The number of hydrogen-bond donors (Lipinski definition) is 1. The maximum absolute atomic E-state index is 12.2. The Labute approximate surface area is 150 Å². The summed E-state index contributed by atoms with van der Waals surface area (Å²) in [5.74, 6) is 0.861. The predicted octanol–water partition coefficient (Wildman–Crippen LogP) is 3.76. The Bertz CT molecular complexity index is 915. The lowest BCUT2D eigenvalue weighted by Crippen LogP contribution is -2.12. The third kappa shape index (κ3) is 4.36. The molecule has 1 N–H and O–H groups in total. The van der Waals surface area contributed by atoms with Crippen LogP contribution in [0.5, 0.6) is 5.75 Å². The van der Waals surface area contributed by atoms with Crippen LogP contribution in [0, 0.1) is 6.92 Å². The molecule has 3 rings (SSSR count). The van der Waals surface area contributed by atoms with Crippen LogP contribution in [0.3, 0.4) is 0 Å². The van der Waals surface area contributed by atoms with Gasteiger partial charge in [-0.1, -0.05) is 18.2 Å². The Morgan fingerprint density at radius 1 is 1.08 bits per heavy atom. The monoisotopic (exact) mass is 350 g/mol. The van der Waals surface area contributed by atoms with Crippen molar-refractivity contribution in [3.63, 3.8) is 0 Å². The number of carbonyl (C=O) groups is 2. The Balaban J connectivity index is 1.65. The molecule has 0 saturated heterocycles. The summed E-state index contributed by atoms with van der Waals surface area (Å²) in [6.07, 6.45) is 0.00954.